The summed E-state index contributed by atoms with van der Waals surface area (Å²) in [7, 11) is 0. The fourth-order valence-electron chi connectivity index (χ4n) is 2.13. The number of aromatic carboxylic acids is 1. The standard InChI is InChI=1S/C17H15N3O2S/c21-16(22)13-5-3-12(4-6-13)7-9-19-17-20-15(11-23-17)14-2-1-8-18-10-14/h1-6,8,10-11H,7,9H2,(H,19,20)(H,21,22). The van der Waals surface area contributed by atoms with Crippen LogP contribution >= 0.6 is 11.3 Å². The molecule has 5 nitrogen and oxygen atoms in total. The number of anilines is 1. The topological polar surface area (TPSA) is 75.1 Å². The van der Waals surface area contributed by atoms with Crippen LogP contribution in [0.3, 0.4) is 0 Å². The van der Waals surface area contributed by atoms with Gasteiger partial charge in [0.2, 0.25) is 0 Å². The monoisotopic (exact) mass is 325 g/mol. The van der Waals surface area contributed by atoms with E-state index < -0.39 is 5.97 Å². The maximum absolute atomic E-state index is 10.8. The van der Waals surface area contributed by atoms with Crippen LogP contribution in [0.2, 0.25) is 0 Å². The van der Waals surface area contributed by atoms with Gasteiger partial charge in [0.25, 0.3) is 0 Å². The van der Waals surface area contributed by atoms with Crippen LogP contribution in [-0.2, 0) is 6.42 Å². The Morgan fingerprint density at radius 3 is 2.74 bits per heavy atom. The van der Waals surface area contributed by atoms with Gasteiger partial charge in [0.05, 0.1) is 11.3 Å². The summed E-state index contributed by atoms with van der Waals surface area (Å²) in [5, 5.41) is 15.0. The van der Waals surface area contributed by atoms with Crippen molar-refractivity contribution < 1.29 is 9.90 Å². The molecule has 3 aromatic rings. The summed E-state index contributed by atoms with van der Waals surface area (Å²) in [5.41, 5.74) is 3.31. The van der Waals surface area contributed by atoms with Crippen LogP contribution in [0.1, 0.15) is 15.9 Å². The largest absolute Gasteiger partial charge is 0.478 e. The van der Waals surface area contributed by atoms with Crippen molar-refractivity contribution in [1.29, 1.82) is 0 Å². The Labute approximate surface area is 137 Å². The molecule has 0 unspecified atom stereocenters. The number of carboxylic acid groups (broad SMARTS) is 1. The van der Waals surface area contributed by atoms with Crippen molar-refractivity contribution in [2.45, 2.75) is 6.42 Å². The maximum atomic E-state index is 10.8. The summed E-state index contributed by atoms with van der Waals surface area (Å²) in [6, 6.07) is 10.8. The highest BCUT2D eigenvalue weighted by molar-refractivity contribution is 7.14. The lowest BCUT2D eigenvalue weighted by Gasteiger charge is -2.03. The van der Waals surface area contributed by atoms with Crippen LogP contribution in [0.25, 0.3) is 11.3 Å². The molecule has 23 heavy (non-hydrogen) atoms. The van der Waals surface area contributed by atoms with Gasteiger partial charge in [-0.15, -0.1) is 11.3 Å². The highest BCUT2D eigenvalue weighted by atomic mass is 32.1. The van der Waals surface area contributed by atoms with E-state index in [4.69, 9.17) is 5.11 Å². The second-order valence-corrected chi connectivity index (χ2v) is 5.82. The van der Waals surface area contributed by atoms with E-state index in [0.717, 1.165) is 34.9 Å². The first kappa shape index (κ1) is 15.2. The Hall–Kier alpha value is -2.73. The van der Waals surface area contributed by atoms with Crippen molar-refractivity contribution in [3.05, 3.63) is 65.3 Å². The molecule has 0 radical (unpaired) electrons. The highest BCUT2D eigenvalue weighted by Gasteiger charge is 2.05. The predicted molar refractivity (Wildman–Crippen MR) is 90.9 cm³/mol. The molecule has 1 aromatic carbocycles. The van der Waals surface area contributed by atoms with Crippen LogP contribution in [0, 0.1) is 0 Å². The Kier molecular flexibility index (Phi) is 4.63. The van der Waals surface area contributed by atoms with Crippen molar-refractivity contribution in [3.63, 3.8) is 0 Å². The molecule has 0 saturated carbocycles. The predicted octanol–water partition coefficient (Wildman–Crippen LogP) is 3.56. The van der Waals surface area contributed by atoms with E-state index in [1.807, 2.05) is 29.6 Å². The van der Waals surface area contributed by atoms with E-state index in [1.165, 1.54) is 0 Å². The lowest BCUT2D eigenvalue weighted by atomic mass is 10.1. The number of nitrogens with one attached hydrogen (secondary N) is 1. The van der Waals surface area contributed by atoms with Crippen molar-refractivity contribution >= 4 is 22.4 Å². The Morgan fingerprint density at radius 1 is 1.22 bits per heavy atom. The summed E-state index contributed by atoms with van der Waals surface area (Å²) in [4.78, 5) is 19.4. The van der Waals surface area contributed by atoms with Crippen LogP contribution in [-0.4, -0.2) is 27.6 Å². The normalized spacial score (nSPS) is 10.4. The molecule has 2 N–H and O–H groups in total. The van der Waals surface area contributed by atoms with Gasteiger partial charge in [0.1, 0.15) is 0 Å². The number of benzene rings is 1. The van der Waals surface area contributed by atoms with Gasteiger partial charge in [-0.2, -0.15) is 0 Å². The third kappa shape index (κ3) is 3.92. The van der Waals surface area contributed by atoms with Crippen LogP contribution in [0.15, 0.2) is 54.2 Å². The molecule has 0 aliphatic carbocycles. The zero-order valence-electron chi connectivity index (χ0n) is 12.3. The summed E-state index contributed by atoms with van der Waals surface area (Å²) >= 11 is 1.56. The van der Waals surface area contributed by atoms with Crippen molar-refractivity contribution in [1.82, 2.24) is 9.97 Å². The molecule has 0 aliphatic rings. The van der Waals surface area contributed by atoms with Gasteiger partial charge in [0.15, 0.2) is 5.13 Å². The summed E-state index contributed by atoms with van der Waals surface area (Å²) in [5.74, 6) is -0.902. The minimum atomic E-state index is -0.902. The van der Waals surface area contributed by atoms with Crippen LogP contribution in [0.4, 0.5) is 5.13 Å². The van der Waals surface area contributed by atoms with Gasteiger partial charge < -0.3 is 10.4 Å². The molecule has 0 saturated heterocycles. The van der Waals surface area contributed by atoms with E-state index in [9.17, 15) is 4.79 Å². The van der Waals surface area contributed by atoms with Gasteiger partial charge >= 0.3 is 5.97 Å². The molecular formula is C17H15N3O2S. The molecule has 0 atom stereocenters. The zero-order chi connectivity index (χ0) is 16.1. The molecule has 0 bridgehead atoms. The second kappa shape index (κ2) is 7.02. The van der Waals surface area contributed by atoms with E-state index in [-0.39, 0.29) is 0 Å². The second-order valence-electron chi connectivity index (χ2n) is 4.96. The lowest BCUT2D eigenvalue weighted by Crippen LogP contribution is -2.05. The molecule has 0 fully saturated rings. The quantitative estimate of drug-likeness (QED) is 0.725. The summed E-state index contributed by atoms with van der Waals surface area (Å²) in [6.45, 7) is 0.742. The molecule has 0 aliphatic heterocycles. The number of rotatable bonds is 6. The highest BCUT2D eigenvalue weighted by Crippen LogP contribution is 2.23. The van der Waals surface area contributed by atoms with Crippen LogP contribution in [0.5, 0.6) is 0 Å². The molecule has 0 spiro atoms. The van der Waals surface area contributed by atoms with Gasteiger partial charge in [-0.05, 0) is 36.2 Å². The van der Waals surface area contributed by atoms with Gasteiger partial charge in [0, 0.05) is 29.9 Å². The van der Waals surface area contributed by atoms with E-state index in [2.05, 4.69) is 15.3 Å². The Balaban J connectivity index is 1.55. The van der Waals surface area contributed by atoms with Crippen molar-refractivity contribution in [3.8, 4) is 11.3 Å². The Morgan fingerprint density at radius 2 is 2.04 bits per heavy atom. The number of hydrogen-bond acceptors (Lipinski definition) is 5. The average molecular weight is 325 g/mol. The van der Waals surface area contributed by atoms with E-state index in [0.29, 0.717) is 5.56 Å². The number of carboxylic acids is 1. The SMILES string of the molecule is O=C(O)c1ccc(CCNc2nc(-c3cccnc3)cs2)cc1. The fraction of sp³-hybridized carbons (Fsp3) is 0.118. The summed E-state index contributed by atoms with van der Waals surface area (Å²) < 4.78 is 0. The number of aromatic nitrogens is 2. The summed E-state index contributed by atoms with van der Waals surface area (Å²) in [6.07, 6.45) is 4.34. The maximum Gasteiger partial charge on any atom is 0.335 e. The van der Waals surface area contributed by atoms with E-state index >= 15 is 0 Å². The van der Waals surface area contributed by atoms with Crippen molar-refractivity contribution in [2.24, 2.45) is 0 Å². The number of pyridine rings is 1. The fourth-order valence-corrected chi connectivity index (χ4v) is 2.88. The molecule has 6 heteroatoms. The molecular weight excluding hydrogens is 310 g/mol. The first-order valence-corrected chi connectivity index (χ1v) is 8.02. The minimum absolute atomic E-state index is 0.308. The smallest absolute Gasteiger partial charge is 0.335 e. The third-order valence-electron chi connectivity index (χ3n) is 3.35. The first-order chi connectivity index (χ1) is 11.2. The third-order valence-corrected chi connectivity index (χ3v) is 4.15. The number of hydrogen-bond donors (Lipinski definition) is 2. The average Bonchev–Trinajstić information content (AvgIpc) is 3.05. The van der Waals surface area contributed by atoms with E-state index in [1.54, 1.807) is 35.9 Å². The molecule has 2 heterocycles. The van der Waals surface area contributed by atoms with Crippen LogP contribution < -0.4 is 5.32 Å². The Bertz CT molecular complexity index is 785. The molecule has 3 rings (SSSR count). The lowest BCUT2D eigenvalue weighted by molar-refractivity contribution is 0.0697. The number of thiazole rings is 1. The molecule has 2 aromatic heterocycles. The first-order valence-electron chi connectivity index (χ1n) is 7.14. The number of carbonyl (C=O) groups is 1. The molecule has 0 amide bonds. The number of nitrogens with zero attached hydrogens (tertiary/aromatic N) is 2. The van der Waals surface area contributed by atoms with Gasteiger partial charge in [-0.1, -0.05) is 12.1 Å². The van der Waals surface area contributed by atoms with Crippen molar-refractivity contribution in [2.75, 3.05) is 11.9 Å². The van der Waals surface area contributed by atoms with Gasteiger partial charge in [-0.25, -0.2) is 9.78 Å². The molecule has 116 valence electrons. The minimum Gasteiger partial charge on any atom is -0.478 e. The van der Waals surface area contributed by atoms with Gasteiger partial charge in [-0.3, -0.25) is 4.98 Å². The zero-order valence-corrected chi connectivity index (χ0v) is 13.1.